The lowest BCUT2D eigenvalue weighted by molar-refractivity contribution is -0.159. The van der Waals surface area contributed by atoms with Gasteiger partial charge in [0.25, 0.3) is 5.91 Å². The maximum Gasteiger partial charge on any atom is 0.328 e. The molecule has 5 aromatic carbocycles. The minimum Gasteiger partial charge on any atom is -0.506 e. The molecule has 0 spiro atoms. The number of hydrogen-bond acceptors (Lipinski definition) is 12. The van der Waals surface area contributed by atoms with Crippen molar-refractivity contribution >= 4 is 28.7 Å². The smallest absolute Gasteiger partial charge is 0.328 e. The second-order valence-electron chi connectivity index (χ2n) is 17.8. The molecule has 360 valence electrons. The van der Waals surface area contributed by atoms with E-state index in [9.17, 15) is 29.4 Å². The lowest BCUT2D eigenvalue weighted by Gasteiger charge is -2.44. The largest absolute Gasteiger partial charge is 0.506 e. The summed E-state index contributed by atoms with van der Waals surface area (Å²) in [6.07, 6.45) is 2.81. The van der Waals surface area contributed by atoms with E-state index >= 15 is 0 Å². The molecule has 5 N–H and O–H groups in total. The molecule has 1 amide bonds. The van der Waals surface area contributed by atoms with Gasteiger partial charge in [0.1, 0.15) is 36.0 Å². The summed E-state index contributed by atoms with van der Waals surface area (Å²) in [6.45, 7) is 4.11. The summed E-state index contributed by atoms with van der Waals surface area (Å²) < 4.78 is 23.3. The van der Waals surface area contributed by atoms with Crippen LogP contribution in [0.15, 0.2) is 132 Å². The number of methoxy groups -OCH3 is 1. The quantitative estimate of drug-likeness (QED) is 0.0348. The number of pyridine rings is 1. The SMILES string of the molecule is COc1ccc(C[C@H](NC(=O)c2ccc(COc3cccc([C@@H](CC(=O)O[C@H]4CN5CCC4CC5)c4ccccc4)c3)cc2)C(=O)OCCCCNC[C@H](O)c2ccc(O)c3[nH]c(=O)ccc23)cc1. The number of ether oxygens (including phenoxy) is 4. The minimum absolute atomic E-state index is 0.0511. The standard InChI is InChI=1S/C55H60N4O10/c1-66-42-18-14-36(15-19-42)30-47(55(65)67-29-6-5-26-56-33-49(61)44-20-22-48(60)53-45(44)21-23-51(62)58-53)57-54(64)40-16-12-37(13-17-40)35-68-43-11-7-10-41(31-43)46(38-8-3-2-4-9-38)32-52(63)69-50-34-59-27-24-39(50)25-28-59/h2-4,7-23,31,39,46-47,49-50,56,60-61H,5-6,24-30,32-35H2,1H3,(H,57,64)(H,58,62)/t46-,47-,49-,50-/m0/s1. The van der Waals surface area contributed by atoms with Crippen LogP contribution in [0.3, 0.4) is 0 Å². The molecule has 3 saturated heterocycles. The first-order valence-corrected chi connectivity index (χ1v) is 23.7. The van der Waals surface area contributed by atoms with Crippen molar-refractivity contribution in [3.05, 3.63) is 171 Å². The van der Waals surface area contributed by atoms with Crippen LogP contribution in [0.4, 0.5) is 0 Å². The van der Waals surface area contributed by atoms with Crippen LogP contribution in [0.25, 0.3) is 10.9 Å². The molecular weight excluding hydrogens is 877 g/mol. The Labute approximate surface area is 401 Å². The molecule has 6 aromatic rings. The van der Waals surface area contributed by atoms with Gasteiger partial charge in [-0.2, -0.15) is 0 Å². The highest BCUT2D eigenvalue weighted by molar-refractivity contribution is 5.97. The van der Waals surface area contributed by atoms with E-state index in [1.807, 2.05) is 78.9 Å². The van der Waals surface area contributed by atoms with E-state index < -0.39 is 24.0 Å². The van der Waals surface area contributed by atoms with Gasteiger partial charge in [0.2, 0.25) is 5.56 Å². The van der Waals surface area contributed by atoms with E-state index in [1.165, 1.54) is 12.1 Å². The lowest BCUT2D eigenvalue weighted by atomic mass is 9.85. The molecule has 4 heterocycles. The molecule has 0 aliphatic carbocycles. The number of esters is 2. The molecule has 14 nitrogen and oxygen atoms in total. The van der Waals surface area contributed by atoms with Gasteiger partial charge in [-0.3, -0.25) is 19.3 Å². The highest BCUT2D eigenvalue weighted by Gasteiger charge is 2.37. The van der Waals surface area contributed by atoms with Crippen LogP contribution in [0.1, 0.15) is 82.3 Å². The van der Waals surface area contributed by atoms with Gasteiger partial charge in [0.15, 0.2) is 0 Å². The Morgan fingerprint density at radius 2 is 1.58 bits per heavy atom. The van der Waals surface area contributed by atoms with Crippen molar-refractivity contribution in [1.29, 1.82) is 0 Å². The first kappa shape index (κ1) is 48.5. The minimum atomic E-state index is -0.966. The lowest BCUT2D eigenvalue weighted by Crippen LogP contribution is -2.52. The van der Waals surface area contributed by atoms with Crippen LogP contribution in [0.5, 0.6) is 17.2 Å². The number of aromatic nitrogens is 1. The number of carbonyl (C=O) groups excluding carboxylic acids is 3. The van der Waals surface area contributed by atoms with E-state index in [4.69, 9.17) is 18.9 Å². The third-order valence-corrected chi connectivity index (χ3v) is 13.1. The highest BCUT2D eigenvalue weighted by atomic mass is 16.5. The second kappa shape index (κ2) is 23.3. The van der Waals surface area contributed by atoms with Gasteiger partial charge >= 0.3 is 11.9 Å². The maximum atomic E-state index is 13.6. The van der Waals surface area contributed by atoms with Crippen molar-refractivity contribution < 1.29 is 43.5 Å². The average molecular weight is 937 g/mol. The number of piperidine rings is 3. The molecule has 9 rings (SSSR count). The van der Waals surface area contributed by atoms with Gasteiger partial charge < -0.3 is 44.8 Å². The normalized spacial score (nSPS) is 17.6. The van der Waals surface area contributed by atoms with E-state index in [1.54, 1.807) is 43.5 Å². The number of aliphatic hydroxyl groups is 1. The molecule has 1 aromatic heterocycles. The summed E-state index contributed by atoms with van der Waals surface area (Å²) in [7, 11) is 1.58. The summed E-state index contributed by atoms with van der Waals surface area (Å²) in [4.78, 5) is 57.3. The molecule has 0 saturated carbocycles. The Morgan fingerprint density at radius 1 is 0.826 bits per heavy atom. The fourth-order valence-corrected chi connectivity index (χ4v) is 9.24. The van der Waals surface area contributed by atoms with Crippen molar-refractivity contribution in [1.82, 2.24) is 20.5 Å². The highest BCUT2D eigenvalue weighted by Crippen LogP contribution is 2.34. The predicted molar refractivity (Wildman–Crippen MR) is 261 cm³/mol. The first-order valence-electron chi connectivity index (χ1n) is 23.7. The van der Waals surface area contributed by atoms with Crippen LogP contribution in [0.2, 0.25) is 0 Å². The number of phenols is 1. The number of aliphatic hydroxyl groups excluding tert-OH is 1. The van der Waals surface area contributed by atoms with Gasteiger partial charge in [0, 0.05) is 42.4 Å². The fourth-order valence-electron chi connectivity index (χ4n) is 9.24. The Hall–Kier alpha value is -7.00. The fraction of sp³-hybridized carbons (Fsp3) is 0.345. The molecule has 14 heteroatoms. The number of amides is 1. The molecule has 3 aliphatic rings. The number of H-pyrrole nitrogens is 1. The summed E-state index contributed by atoms with van der Waals surface area (Å²) >= 11 is 0. The van der Waals surface area contributed by atoms with E-state index in [0.29, 0.717) is 53.3 Å². The van der Waals surface area contributed by atoms with Crippen LogP contribution in [0, 0.1) is 5.92 Å². The number of nitrogens with one attached hydrogen (secondary N) is 3. The molecule has 3 fully saturated rings. The summed E-state index contributed by atoms with van der Waals surface area (Å²) in [5, 5.41) is 27.7. The Bertz CT molecular complexity index is 2720. The molecule has 0 radical (unpaired) electrons. The Balaban J connectivity index is 0.829. The van der Waals surface area contributed by atoms with Gasteiger partial charge in [0.05, 0.1) is 31.8 Å². The van der Waals surface area contributed by atoms with Crippen LogP contribution in [-0.4, -0.2) is 96.5 Å². The number of hydrogen-bond donors (Lipinski definition) is 5. The topological polar surface area (TPSA) is 189 Å². The maximum absolute atomic E-state index is 13.6. The second-order valence-corrected chi connectivity index (χ2v) is 17.8. The number of phenolic OH excluding ortho intramolecular Hbond substituents is 1. The van der Waals surface area contributed by atoms with Crippen LogP contribution >= 0.6 is 0 Å². The average Bonchev–Trinajstić information content (AvgIpc) is 3.38. The third kappa shape index (κ3) is 13.0. The Morgan fingerprint density at radius 3 is 2.32 bits per heavy atom. The summed E-state index contributed by atoms with van der Waals surface area (Å²) in [5.74, 6) is 0.279. The number of aromatic hydroxyl groups is 1. The van der Waals surface area contributed by atoms with Crippen molar-refractivity contribution in [2.45, 2.75) is 69.3 Å². The van der Waals surface area contributed by atoms with Gasteiger partial charge in [-0.15, -0.1) is 0 Å². The molecule has 3 aliphatic heterocycles. The number of unbranched alkanes of at least 4 members (excludes halogenated alkanes) is 1. The number of aromatic amines is 1. The van der Waals surface area contributed by atoms with E-state index in [-0.39, 0.29) is 67.4 Å². The zero-order valence-electron chi connectivity index (χ0n) is 38.8. The van der Waals surface area contributed by atoms with Gasteiger partial charge in [-0.25, -0.2) is 4.79 Å². The number of carbonyl (C=O) groups is 3. The molecular formula is C55H60N4O10. The number of fused-ring (bicyclic) bond motifs is 4. The van der Waals surface area contributed by atoms with Gasteiger partial charge in [-0.05, 0) is 128 Å². The summed E-state index contributed by atoms with van der Waals surface area (Å²) in [6, 6.07) is 37.1. The zero-order valence-corrected chi connectivity index (χ0v) is 38.8. The number of rotatable bonds is 22. The predicted octanol–water partition coefficient (Wildman–Crippen LogP) is 6.97. The van der Waals surface area contributed by atoms with Crippen molar-refractivity contribution in [2.75, 3.05) is 46.4 Å². The first-order chi connectivity index (χ1) is 33.6. The molecule has 0 unspecified atom stereocenters. The molecule has 2 bridgehead atoms. The number of benzene rings is 5. The molecule has 4 atom stereocenters. The van der Waals surface area contributed by atoms with Crippen LogP contribution in [-0.2, 0) is 32.1 Å². The summed E-state index contributed by atoms with van der Waals surface area (Å²) in [5.41, 5.74) is 4.47. The van der Waals surface area contributed by atoms with Crippen molar-refractivity contribution in [3.63, 3.8) is 0 Å². The van der Waals surface area contributed by atoms with E-state index in [0.717, 1.165) is 54.7 Å². The third-order valence-electron chi connectivity index (χ3n) is 13.1. The Kier molecular flexibility index (Phi) is 16.4. The van der Waals surface area contributed by atoms with E-state index in [2.05, 4.69) is 20.5 Å². The monoisotopic (exact) mass is 936 g/mol. The number of nitrogens with zero attached hydrogens (tertiary/aromatic N) is 1. The van der Waals surface area contributed by atoms with Gasteiger partial charge in [-0.1, -0.05) is 72.8 Å². The zero-order chi connectivity index (χ0) is 48.1. The molecule has 69 heavy (non-hydrogen) atoms. The van der Waals surface area contributed by atoms with Crippen molar-refractivity contribution in [2.24, 2.45) is 5.92 Å². The van der Waals surface area contributed by atoms with Crippen molar-refractivity contribution in [3.8, 4) is 17.2 Å². The van der Waals surface area contributed by atoms with Crippen LogP contribution < -0.4 is 25.7 Å².